The van der Waals surface area contributed by atoms with Crippen molar-refractivity contribution in [2.45, 2.75) is 49.9 Å². The maximum absolute atomic E-state index is 5.92. The summed E-state index contributed by atoms with van der Waals surface area (Å²) in [5.74, 6) is -0.248. The lowest BCUT2D eigenvalue weighted by Gasteiger charge is -2.51. The molecule has 3 nitrogen and oxygen atoms in total. The summed E-state index contributed by atoms with van der Waals surface area (Å²) in [6.07, 6.45) is 4.58. The summed E-state index contributed by atoms with van der Waals surface area (Å²) < 4.78 is 11.8. The summed E-state index contributed by atoms with van der Waals surface area (Å²) in [5.41, 5.74) is 1.77. The molecule has 4 rings (SSSR count). The Labute approximate surface area is 127 Å². The van der Waals surface area contributed by atoms with E-state index in [1.165, 1.54) is 18.4 Å². The minimum absolute atomic E-state index is 0.248. The molecule has 1 aromatic carbocycles. The molecule has 0 saturated carbocycles. The van der Waals surface area contributed by atoms with Gasteiger partial charge in [0.2, 0.25) is 0 Å². The van der Waals surface area contributed by atoms with Crippen LogP contribution in [0.3, 0.4) is 0 Å². The third-order valence-electron chi connectivity index (χ3n) is 5.71. The van der Waals surface area contributed by atoms with Gasteiger partial charge in [0.1, 0.15) is 0 Å². The SMILES string of the molecule is CC1(c2ccccc2)CCC2CC3(CCN2C1)OCCO3. The van der Waals surface area contributed by atoms with Crippen molar-refractivity contribution >= 4 is 0 Å². The van der Waals surface area contributed by atoms with Crippen LogP contribution >= 0.6 is 0 Å². The molecule has 0 aromatic heterocycles. The number of fused-ring (bicyclic) bond motifs is 1. The highest BCUT2D eigenvalue weighted by molar-refractivity contribution is 5.26. The monoisotopic (exact) mass is 287 g/mol. The summed E-state index contributed by atoms with van der Waals surface area (Å²) >= 11 is 0. The number of ether oxygens (including phenoxy) is 2. The highest BCUT2D eigenvalue weighted by Gasteiger charge is 2.47. The van der Waals surface area contributed by atoms with Crippen molar-refractivity contribution in [3.05, 3.63) is 35.9 Å². The van der Waals surface area contributed by atoms with Crippen molar-refractivity contribution in [2.24, 2.45) is 0 Å². The average Bonchev–Trinajstić information content (AvgIpc) is 2.97. The lowest BCUT2D eigenvalue weighted by Crippen LogP contribution is -2.57. The van der Waals surface area contributed by atoms with Gasteiger partial charge in [-0.2, -0.15) is 0 Å². The summed E-state index contributed by atoms with van der Waals surface area (Å²) in [7, 11) is 0. The first-order valence-corrected chi connectivity index (χ1v) is 8.27. The number of hydrogen-bond donors (Lipinski definition) is 0. The number of hydrogen-bond acceptors (Lipinski definition) is 3. The molecule has 1 spiro atoms. The van der Waals surface area contributed by atoms with Gasteiger partial charge in [-0.1, -0.05) is 37.3 Å². The van der Waals surface area contributed by atoms with Crippen molar-refractivity contribution in [1.82, 2.24) is 4.90 Å². The van der Waals surface area contributed by atoms with Gasteiger partial charge in [-0.25, -0.2) is 0 Å². The number of nitrogens with zero attached hydrogens (tertiary/aromatic N) is 1. The fourth-order valence-corrected chi connectivity index (χ4v) is 4.43. The predicted octanol–water partition coefficient (Wildman–Crippen LogP) is 2.95. The van der Waals surface area contributed by atoms with Crippen LogP contribution in [0.2, 0.25) is 0 Å². The van der Waals surface area contributed by atoms with Gasteiger partial charge in [0.15, 0.2) is 5.79 Å². The van der Waals surface area contributed by atoms with Gasteiger partial charge >= 0.3 is 0 Å². The van der Waals surface area contributed by atoms with Gasteiger partial charge in [0.25, 0.3) is 0 Å². The fourth-order valence-electron chi connectivity index (χ4n) is 4.43. The molecular formula is C18H25NO2. The summed E-state index contributed by atoms with van der Waals surface area (Å²) in [4.78, 5) is 2.67. The van der Waals surface area contributed by atoms with E-state index in [1.807, 2.05) is 0 Å². The zero-order valence-electron chi connectivity index (χ0n) is 12.9. The van der Waals surface area contributed by atoms with Gasteiger partial charge in [0, 0.05) is 37.4 Å². The zero-order valence-corrected chi connectivity index (χ0v) is 12.9. The molecule has 0 bridgehead atoms. The van der Waals surface area contributed by atoms with Crippen molar-refractivity contribution < 1.29 is 9.47 Å². The van der Waals surface area contributed by atoms with Crippen LogP contribution in [0.5, 0.6) is 0 Å². The van der Waals surface area contributed by atoms with Crippen LogP contribution in [-0.2, 0) is 14.9 Å². The molecule has 3 aliphatic heterocycles. The highest BCUT2D eigenvalue weighted by atomic mass is 16.7. The van der Waals surface area contributed by atoms with Crippen LogP contribution in [0.25, 0.3) is 0 Å². The molecule has 0 aliphatic carbocycles. The Bertz CT molecular complexity index is 497. The smallest absolute Gasteiger partial charge is 0.171 e. The van der Waals surface area contributed by atoms with E-state index in [0.29, 0.717) is 11.5 Å². The molecule has 2 unspecified atom stereocenters. The number of benzene rings is 1. The van der Waals surface area contributed by atoms with E-state index >= 15 is 0 Å². The van der Waals surface area contributed by atoms with Crippen LogP contribution in [0.4, 0.5) is 0 Å². The molecule has 21 heavy (non-hydrogen) atoms. The molecule has 2 atom stereocenters. The van der Waals surface area contributed by atoms with Crippen molar-refractivity contribution in [1.29, 1.82) is 0 Å². The summed E-state index contributed by atoms with van der Waals surface area (Å²) in [6, 6.07) is 11.6. The number of rotatable bonds is 1. The van der Waals surface area contributed by atoms with Crippen LogP contribution < -0.4 is 0 Å². The van der Waals surface area contributed by atoms with Gasteiger partial charge in [-0.15, -0.1) is 0 Å². The first-order valence-electron chi connectivity index (χ1n) is 8.27. The second-order valence-corrected chi connectivity index (χ2v) is 7.15. The summed E-state index contributed by atoms with van der Waals surface area (Å²) in [6.45, 7) is 6.24. The first kappa shape index (κ1) is 13.7. The molecule has 1 aromatic rings. The molecule has 0 amide bonds. The van der Waals surface area contributed by atoms with Crippen LogP contribution in [0.1, 0.15) is 38.2 Å². The maximum Gasteiger partial charge on any atom is 0.171 e. The second kappa shape index (κ2) is 5.08. The van der Waals surface area contributed by atoms with E-state index in [-0.39, 0.29) is 5.79 Å². The normalized spacial score (nSPS) is 35.8. The minimum Gasteiger partial charge on any atom is -0.347 e. The Hall–Kier alpha value is -0.900. The molecule has 3 saturated heterocycles. The van der Waals surface area contributed by atoms with Crippen molar-refractivity contribution in [3.8, 4) is 0 Å². The average molecular weight is 287 g/mol. The standard InChI is InChI=1S/C18H25NO2/c1-17(15-5-3-2-4-6-15)8-7-16-13-18(20-11-12-21-18)9-10-19(16)14-17/h2-6,16H,7-14H2,1H3. The second-order valence-electron chi connectivity index (χ2n) is 7.15. The van der Waals surface area contributed by atoms with E-state index < -0.39 is 0 Å². The topological polar surface area (TPSA) is 21.7 Å². The maximum atomic E-state index is 5.92. The van der Waals surface area contributed by atoms with E-state index in [9.17, 15) is 0 Å². The van der Waals surface area contributed by atoms with Crippen molar-refractivity contribution in [3.63, 3.8) is 0 Å². The van der Waals surface area contributed by atoms with Gasteiger partial charge in [0.05, 0.1) is 13.2 Å². The minimum atomic E-state index is -0.248. The molecule has 114 valence electrons. The molecular weight excluding hydrogens is 262 g/mol. The molecule has 0 N–H and O–H groups in total. The van der Waals surface area contributed by atoms with Gasteiger partial charge in [-0.05, 0) is 18.4 Å². The van der Waals surface area contributed by atoms with Gasteiger partial charge in [-0.3, -0.25) is 4.90 Å². The highest BCUT2D eigenvalue weighted by Crippen LogP contribution is 2.43. The van der Waals surface area contributed by atoms with Crippen molar-refractivity contribution in [2.75, 3.05) is 26.3 Å². The predicted molar refractivity (Wildman–Crippen MR) is 82.3 cm³/mol. The quantitative estimate of drug-likeness (QED) is 0.792. The van der Waals surface area contributed by atoms with E-state index in [2.05, 4.69) is 42.2 Å². The Kier molecular flexibility index (Phi) is 3.32. The number of piperidine rings is 2. The molecule has 0 radical (unpaired) electrons. The van der Waals surface area contributed by atoms with E-state index in [1.54, 1.807) is 0 Å². The largest absolute Gasteiger partial charge is 0.347 e. The fraction of sp³-hybridized carbons (Fsp3) is 0.667. The molecule has 3 heteroatoms. The summed E-state index contributed by atoms with van der Waals surface area (Å²) in [5, 5.41) is 0. The van der Waals surface area contributed by atoms with E-state index in [4.69, 9.17) is 9.47 Å². The lowest BCUT2D eigenvalue weighted by atomic mass is 9.72. The molecule has 3 aliphatic rings. The van der Waals surface area contributed by atoms with E-state index in [0.717, 1.165) is 39.1 Å². The first-order chi connectivity index (χ1) is 10.2. The molecule has 3 fully saturated rings. The van der Waals surface area contributed by atoms with Crippen LogP contribution in [0.15, 0.2) is 30.3 Å². The van der Waals surface area contributed by atoms with Crippen LogP contribution in [-0.4, -0.2) is 43.0 Å². The Morgan fingerprint density at radius 1 is 1.10 bits per heavy atom. The van der Waals surface area contributed by atoms with Crippen LogP contribution in [0, 0.1) is 0 Å². The Morgan fingerprint density at radius 2 is 1.86 bits per heavy atom. The molecule has 3 heterocycles. The Morgan fingerprint density at radius 3 is 2.62 bits per heavy atom. The third kappa shape index (κ3) is 2.41. The zero-order chi connectivity index (χ0) is 14.3. The van der Waals surface area contributed by atoms with Gasteiger partial charge < -0.3 is 9.47 Å². The lowest BCUT2D eigenvalue weighted by molar-refractivity contribution is -0.202. The third-order valence-corrected chi connectivity index (χ3v) is 5.71. The Balaban J connectivity index is 1.50.